The Morgan fingerprint density at radius 2 is 1.68 bits per heavy atom. The highest BCUT2D eigenvalue weighted by atomic mass is 32.1. The van der Waals surface area contributed by atoms with Crippen LogP contribution in [0.1, 0.15) is 6.92 Å². The molecule has 1 amide bonds. The summed E-state index contributed by atoms with van der Waals surface area (Å²) in [4.78, 5) is 15.0. The maximum atomic E-state index is 13.5. The summed E-state index contributed by atoms with van der Waals surface area (Å²) in [6.07, 6.45) is -7.01. The van der Waals surface area contributed by atoms with Gasteiger partial charge >= 0.3 is 29.9 Å². The second-order valence-corrected chi connectivity index (χ2v) is 6.29. The lowest BCUT2D eigenvalue weighted by atomic mass is 10.0. The molecule has 0 radical (unpaired) electrons. The van der Waals surface area contributed by atoms with Crippen LogP contribution < -0.4 is 10.1 Å². The normalized spacial score (nSPS) is 13.6. The molecule has 0 fully saturated rings. The summed E-state index contributed by atoms with van der Waals surface area (Å²) in [6, 6.07) is 4.12. The number of hydrogen-bond donors (Lipinski definition) is 1. The number of anilines is 1. The lowest BCUT2D eigenvalue weighted by molar-refractivity contribution is -0.388. The summed E-state index contributed by atoms with van der Waals surface area (Å²) >= 11 is 0.494. The van der Waals surface area contributed by atoms with Crippen molar-refractivity contribution in [3.8, 4) is 5.75 Å². The Balaban J connectivity index is 2.31. The van der Waals surface area contributed by atoms with Crippen LogP contribution in [-0.4, -0.2) is 41.4 Å². The van der Waals surface area contributed by atoms with Crippen molar-refractivity contribution >= 4 is 32.6 Å². The number of nitrogens with zero attached hydrogens (tertiary/aromatic N) is 1. The number of ether oxygens (including phenoxy) is 1. The third kappa shape index (κ3) is 3.56. The fraction of sp³-hybridized carbons (Fsp3) is 0.429. The third-order valence-electron chi connectivity index (χ3n) is 3.32. The molecule has 0 unspecified atom stereocenters. The first-order valence-electron chi connectivity index (χ1n) is 7.20. The van der Waals surface area contributed by atoms with Crippen LogP contribution in [0.2, 0.25) is 0 Å². The van der Waals surface area contributed by atoms with Gasteiger partial charge in [-0.2, -0.15) is 39.5 Å². The first-order valence-corrected chi connectivity index (χ1v) is 8.01. The van der Waals surface area contributed by atoms with E-state index in [0.29, 0.717) is 17.1 Å². The molecule has 1 N–H and O–H groups in total. The zero-order chi connectivity index (χ0) is 21.5. The van der Waals surface area contributed by atoms with Gasteiger partial charge in [-0.05, 0) is 25.1 Å². The van der Waals surface area contributed by atoms with E-state index in [0.717, 1.165) is 5.32 Å². The van der Waals surface area contributed by atoms with Crippen LogP contribution in [0.25, 0.3) is 10.2 Å². The van der Waals surface area contributed by atoms with Gasteiger partial charge in [0, 0.05) is 0 Å². The highest BCUT2D eigenvalue weighted by Gasteiger charge is 2.83. The van der Waals surface area contributed by atoms with Gasteiger partial charge in [-0.25, -0.2) is 4.98 Å². The van der Waals surface area contributed by atoms with Gasteiger partial charge < -0.3 is 4.74 Å². The Hall–Kier alpha value is -2.25. The minimum absolute atomic E-state index is 0.111. The topological polar surface area (TPSA) is 51.2 Å². The first-order chi connectivity index (χ1) is 12.6. The van der Waals surface area contributed by atoms with E-state index in [1.165, 1.54) is 18.2 Å². The highest BCUT2D eigenvalue weighted by Crippen LogP contribution is 2.53. The summed E-state index contributed by atoms with van der Waals surface area (Å²) < 4.78 is 121. The standard InChI is InChI=1S/C14H9F9N2O2S/c1-2-27-6-3-4-7-8(5-6)28-10(24-7)25-9(26)11(15,16)12(17,18)13(19,20)14(21,22)23/h3-5H,2H2,1H3,(H,24,25,26). The number of hydrogen-bond acceptors (Lipinski definition) is 4. The fourth-order valence-corrected chi connectivity index (χ4v) is 2.80. The lowest BCUT2D eigenvalue weighted by Gasteiger charge is -2.32. The lowest BCUT2D eigenvalue weighted by Crippen LogP contribution is -2.64. The minimum atomic E-state index is -7.15. The molecule has 28 heavy (non-hydrogen) atoms. The van der Waals surface area contributed by atoms with Gasteiger partial charge in [0.05, 0.1) is 16.8 Å². The van der Waals surface area contributed by atoms with Crippen molar-refractivity contribution in [1.82, 2.24) is 4.98 Å². The van der Waals surface area contributed by atoms with Crippen LogP contribution in [-0.2, 0) is 4.79 Å². The first kappa shape index (κ1) is 22.0. The molecule has 2 aromatic rings. The Morgan fingerprint density at radius 3 is 2.21 bits per heavy atom. The molecule has 14 heteroatoms. The van der Waals surface area contributed by atoms with Crippen LogP contribution in [0.5, 0.6) is 5.75 Å². The number of thiazole rings is 1. The summed E-state index contributed by atoms with van der Waals surface area (Å²) in [5, 5.41) is 0.441. The number of fused-ring (bicyclic) bond motifs is 1. The van der Waals surface area contributed by atoms with Crippen LogP contribution in [0, 0.1) is 0 Å². The maximum Gasteiger partial charge on any atom is 0.460 e. The van der Waals surface area contributed by atoms with Crippen LogP contribution in [0.3, 0.4) is 0 Å². The van der Waals surface area contributed by atoms with Crippen molar-refractivity contribution in [3.05, 3.63) is 18.2 Å². The van der Waals surface area contributed by atoms with Crippen molar-refractivity contribution in [2.45, 2.75) is 30.9 Å². The number of amides is 1. The van der Waals surface area contributed by atoms with Gasteiger partial charge in [0.15, 0.2) is 5.13 Å². The molecule has 4 nitrogen and oxygen atoms in total. The second-order valence-electron chi connectivity index (χ2n) is 5.26. The molecule has 0 saturated heterocycles. The van der Waals surface area contributed by atoms with E-state index < -0.39 is 35.0 Å². The number of rotatable bonds is 6. The molecule has 0 atom stereocenters. The number of benzene rings is 1. The summed E-state index contributed by atoms with van der Waals surface area (Å²) in [7, 11) is 0. The smallest absolute Gasteiger partial charge is 0.460 e. The molecular weight excluding hydrogens is 431 g/mol. The maximum absolute atomic E-state index is 13.5. The van der Waals surface area contributed by atoms with E-state index in [1.54, 1.807) is 6.92 Å². The van der Waals surface area contributed by atoms with Gasteiger partial charge in [-0.15, -0.1) is 0 Å². The summed E-state index contributed by atoms with van der Waals surface area (Å²) in [5.74, 6) is -23.3. The quantitative estimate of drug-likeness (QED) is 0.636. The van der Waals surface area contributed by atoms with E-state index in [2.05, 4.69) is 4.98 Å². The van der Waals surface area contributed by atoms with Crippen molar-refractivity contribution in [1.29, 1.82) is 0 Å². The predicted molar refractivity (Wildman–Crippen MR) is 80.3 cm³/mol. The number of alkyl halides is 9. The number of nitrogens with one attached hydrogen (secondary N) is 1. The molecule has 2 rings (SSSR count). The summed E-state index contributed by atoms with van der Waals surface area (Å²) in [5.41, 5.74) is 0.111. The van der Waals surface area contributed by atoms with E-state index >= 15 is 0 Å². The minimum Gasteiger partial charge on any atom is -0.494 e. The van der Waals surface area contributed by atoms with E-state index in [4.69, 9.17) is 4.74 Å². The molecule has 1 aromatic carbocycles. The van der Waals surface area contributed by atoms with Gasteiger partial charge in [0.2, 0.25) is 0 Å². The molecule has 156 valence electrons. The van der Waals surface area contributed by atoms with Gasteiger partial charge in [-0.3, -0.25) is 10.1 Å². The van der Waals surface area contributed by atoms with Crippen molar-refractivity contribution in [2.75, 3.05) is 11.9 Å². The average molecular weight is 440 g/mol. The van der Waals surface area contributed by atoms with E-state index in [9.17, 15) is 44.3 Å². The summed E-state index contributed by atoms with van der Waals surface area (Å²) in [6.45, 7) is 1.95. The van der Waals surface area contributed by atoms with Crippen molar-refractivity contribution in [3.63, 3.8) is 0 Å². The Kier molecular flexibility index (Phi) is 5.49. The molecule has 0 aliphatic carbocycles. The van der Waals surface area contributed by atoms with Gasteiger partial charge in [0.1, 0.15) is 5.75 Å². The molecule has 0 spiro atoms. The van der Waals surface area contributed by atoms with Crippen LogP contribution in [0.4, 0.5) is 44.6 Å². The molecule has 0 aliphatic rings. The van der Waals surface area contributed by atoms with Gasteiger partial charge in [0.25, 0.3) is 0 Å². The zero-order valence-corrected chi connectivity index (χ0v) is 14.3. The average Bonchev–Trinajstić information content (AvgIpc) is 2.95. The molecule has 0 saturated carbocycles. The number of carbonyl (C=O) groups is 1. The van der Waals surface area contributed by atoms with Crippen LogP contribution in [0.15, 0.2) is 18.2 Å². The zero-order valence-electron chi connectivity index (χ0n) is 13.5. The second kappa shape index (κ2) is 6.97. The number of halogens is 9. The Labute approximate surface area is 154 Å². The van der Waals surface area contributed by atoms with E-state index in [-0.39, 0.29) is 16.8 Å². The monoisotopic (exact) mass is 440 g/mol. The van der Waals surface area contributed by atoms with Crippen molar-refractivity contribution in [2.24, 2.45) is 0 Å². The van der Waals surface area contributed by atoms with E-state index in [1.807, 2.05) is 0 Å². The van der Waals surface area contributed by atoms with Crippen molar-refractivity contribution < 1.29 is 49.0 Å². The number of aromatic nitrogens is 1. The predicted octanol–water partition coefficient (Wildman–Crippen LogP) is 5.10. The highest BCUT2D eigenvalue weighted by molar-refractivity contribution is 7.22. The molecule has 1 aromatic heterocycles. The third-order valence-corrected chi connectivity index (χ3v) is 4.25. The van der Waals surface area contributed by atoms with Crippen LogP contribution >= 0.6 is 11.3 Å². The fourth-order valence-electron chi connectivity index (χ4n) is 1.91. The molecule has 1 heterocycles. The SMILES string of the molecule is CCOc1ccc2nc(NC(=O)C(F)(F)C(F)(F)C(F)(F)C(F)(F)F)sc2c1. The largest absolute Gasteiger partial charge is 0.494 e. The molecule has 0 aliphatic heterocycles. The Bertz CT molecular complexity index is 879. The number of carbonyl (C=O) groups excluding carboxylic acids is 1. The Morgan fingerprint density at radius 1 is 1.07 bits per heavy atom. The molecule has 0 bridgehead atoms. The molecular formula is C14H9F9N2O2S. The van der Waals surface area contributed by atoms with Gasteiger partial charge in [-0.1, -0.05) is 11.3 Å².